The van der Waals surface area contributed by atoms with Crippen LogP contribution >= 0.6 is 0 Å². The highest BCUT2D eigenvalue weighted by molar-refractivity contribution is 6.02. The van der Waals surface area contributed by atoms with E-state index in [4.69, 9.17) is 0 Å². The molecule has 0 bridgehead atoms. The lowest BCUT2D eigenvalue weighted by atomic mass is 9.69. The maximum Gasteiger partial charge on any atom is 0.0215 e. The molecule has 0 fully saturated rings. The van der Waals surface area contributed by atoms with Crippen molar-refractivity contribution in [2.45, 2.75) is 89.9 Å². The highest BCUT2D eigenvalue weighted by Crippen LogP contribution is 2.57. The smallest absolute Gasteiger partial charge is 0.0215 e. The van der Waals surface area contributed by atoms with Gasteiger partial charge in [0.1, 0.15) is 0 Å². The summed E-state index contributed by atoms with van der Waals surface area (Å²) in [5, 5.41) is 0. The van der Waals surface area contributed by atoms with E-state index in [1.54, 1.807) is 0 Å². The highest BCUT2D eigenvalue weighted by atomic mass is 14.5. The molecule has 0 atom stereocenters. The largest absolute Gasteiger partial charge is 0.0654 e. The molecule has 0 nitrogen and oxygen atoms in total. The normalized spacial score (nSPS) is 12.4. The van der Waals surface area contributed by atoms with E-state index < -0.39 is 0 Å². The van der Waals surface area contributed by atoms with Gasteiger partial charge in [-0.2, -0.15) is 0 Å². The van der Waals surface area contributed by atoms with Crippen LogP contribution in [0.5, 0.6) is 0 Å². The van der Waals surface area contributed by atoms with Crippen molar-refractivity contribution in [3.8, 4) is 89.0 Å². The van der Waals surface area contributed by atoms with Crippen LogP contribution in [0, 0.1) is 0 Å². The van der Waals surface area contributed by atoms with Gasteiger partial charge in [0, 0.05) is 5.41 Å². The Bertz CT molecular complexity index is 3430. The molecule has 74 heavy (non-hydrogen) atoms. The molecule has 0 saturated heterocycles. The Morgan fingerprint density at radius 3 is 1.08 bits per heavy atom. The van der Waals surface area contributed by atoms with Crippen molar-refractivity contribution in [2.24, 2.45) is 0 Å². The summed E-state index contributed by atoms with van der Waals surface area (Å²) in [6, 6.07) is 91.2. The summed E-state index contributed by atoms with van der Waals surface area (Å²) in [6.45, 7) is 4.69. The van der Waals surface area contributed by atoms with Crippen LogP contribution in [-0.4, -0.2) is 0 Å². The zero-order chi connectivity index (χ0) is 50.1. The van der Waals surface area contributed by atoms with Gasteiger partial charge in [0.15, 0.2) is 0 Å². The van der Waals surface area contributed by atoms with E-state index in [9.17, 15) is 0 Å². The molecular formula is C74H68. The maximum absolute atomic E-state index is 2.67. The topological polar surface area (TPSA) is 0 Å². The van der Waals surface area contributed by atoms with Gasteiger partial charge in [0.2, 0.25) is 0 Å². The van der Waals surface area contributed by atoms with Gasteiger partial charge in [-0.3, -0.25) is 0 Å². The molecule has 0 aromatic heterocycles. The van der Waals surface area contributed by atoms with E-state index in [1.807, 2.05) is 0 Å². The van der Waals surface area contributed by atoms with Crippen molar-refractivity contribution in [2.75, 3.05) is 0 Å². The van der Waals surface area contributed by atoms with E-state index >= 15 is 0 Å². The Morgan fingerprint density at radius 1 is 0.270 bits per heavy atom. The zero-order valence-corrected chi connectivity index (χ0v) is 43.4. The predicted molar refractivity (Wildman–Crippen MR) is 317 cm³/mol. The summed E-state index contributed by atoms with van der Waals surface area (Å²) in [6.07, 6.45) is 13.0. The molecule has 0 unspecified atom stereocenters. The monoisotopic (exact) mass is 957 g/mol. The molecule has 0 radical (unpaired) electrons. The van der Waals surface area contributed by atoms with Crippen LogP contribution in [0.25, 0.3) is 89.0 Å². The lowest BCUT2D eigenvalue weighted by Gasteiger charge is -2.34. The van der Waals surface area contributed by atoms with E-state index in [-0.39, 0.29) is 5.41 Å². The first-order valence-electron chi connectivity index (χ1n) is 27.6. The Hall–Kier alpha value is -7.80. The number of fused-ring (bicyclic) bond motifs is 3. The first-order valence-corrected chi connectivity index (χ1v) is 27.6. The fraction of sp³-hybridized carbons (Fsp3) is 0.189. The molecule has 1 aliphatic rings. The van der Waals surface area contributed by atoms with Gasteiger partial charge in [0.25, 0.3) is 0 Å². The number of hydrogen-bond donors (Lipinski definition) is 0. The van der Waals surface area contributed by atoms with Crippen molar-refractivity contribution in [1.82, 2.24) is 0 Å². The Morgan fingerprint density at radius 2 is 0.622 bits per heavy atom. The molecule has 0 heteroatoms. The van der Waals surface area contributed by atoms with Crippen LogP contribution in [0.15, 0.2) is 243 Å². The summed E-state index contributed by atoms with van der Waals surface area (Å²) in [5.74, 6) is 0. The summed E-state index contributed by atoms with van der Waals surface area (Å²) < 4.78 is 0. The molecule has 0 spiro atoms. The standard InChI is InChI=1S/C74H68/c1-3-5-7-27-49-74(50-28-8-6-4-2)69-52-54(51-68-62(55-29-15-9-16-30-55)45-46-63(56-31-17-10-18-32-56)71(68)59-37-23-13-24-38-59)41-43-66(69)67-44-42-61(53-70(67)74)73-65(58-35-21-12-22-36-58)48-47-64(57-33-19-11-20-34-57)72(73)60-39-25-14-26-40-60/h9-26,29-48,52-53H,3-8,27-28,49-51H2,1-2H3. The first kappa shape index (κ1) is 48.5. The third-order valence-corrected chi connectivity index (χ3v) is 16.0. The van der Waals surface area contributed by atoms with E-state index in [1.165, 1.54) is 163 Å². The second kappa shape index (κ2) is 22.5. The second-order valence-electron chi connectivity index (χ2n) is 20.6. The molecule has 0 amide bonds. The average Bonchev–Trinajstić information content (AvgIpc) is 3.73. The molecule has 1 aliphatic carbocycles. The van der Waals surface area contributed by atoms with Crippen molar-refractivity contribution in [3.63, 3.8) is 0 Å². The van der Waals surface area contributed by atoms with Crippen molar-refractivity contribution in [1.29, 1.82) is 0 Å². The first-order chi connectivity index (χ1) is 36.6. The molecule has 0 saturated carbocycles. The summed E-state index contributed by atoms with van der Waals surface area (Å²) in [5.41, 5.74) is 26.2. The van der Waals surface area contributed by atoms with Crippen LogP contribution < -0.4 is 0 Å². The molecule has 0 heterocycles. The highest BCUT2D eigenvalue weighted by Gasteiger charge is 2.43. The molecule has 0 aliphatic heterocycles. The van der Waals surface area contributed by atoms with Crippen LogP contribution in [0.3, 0.4) is 0 Å². The van der Waals surface area contributed by atoms with Crippen molar-refractivity contribution < 1.29 is 0 Å². The van der Waals surface area contributed by atoms with Gasteiger partial charge >= 0.3 is 0 Å². The van der Waals surface area contributed by atoms with Gasteiger partial charge in [-0.1, -0.05) is 302 Å². The van der Waals surface area contributed by atoms with Gasteiger partial charge in [0.05, 0.1) is 0 Å². The summed E-state index contributed by atoms with van der Waals surface area (Å²) >= 11 is 0. The van der Waals surface area contributed by atoms with E-state index in [0.717, 1.165) is 19.3 Å². The SMILES string of the molecule is CCCCCCC1(CCCCCC)c2cc(Cc3c(-c4ccccc4)ccc(-c4ccccc4)c3-c3ccccc3)ccc2-c2ccc(-c3c(-c4ccccc4)ccc(-c4ccccc4)c3-c3ccccc3)cc21. The van der Waals surface area contributed by atoms with Gasteiger partial charge in [-0.25, -0.2) is 0 Å². The summed E-state index contributed by atoms with van der Waals surface area (Å²) in [7, 11) is 0. The Labute approximate surface area is 441 Å². The number of unbranched alkanes of at least 4 members (excludes halogenated alkanes) is 6. The fourth-order valence-corrected chi connectivity index (χ4v) is 12.4. The van der Waals surface area contributed by atoms with Crippen molar-refractivity contribution >= 4 is 0 Å². The third kappa shape index (κ3) is 9.75. The van der Waals surface area contributed by atoms with E-state index in [0.29, 0.717) is 0 Å². The number of rotatable bonds is 19. The minimum absolute atomic E-state index is 0.133. The molecule has 364 valence electrons. The lowest BCUT2D eigenvalue weighted by molar-refractivity contribution is 0.401. The van der Waals surface area contributed by atoms with E-state index in [2.05, 4.69) is 257 Å². The minimum atomic E-state index is -0.133. The molecule has 0 N–H and O–H groups in total. The minimum Gasteiger partial charge on any atom is -0.0654 e. The molecule has 10 aromatic carbocycles. The number of benzene rings is 10. The molecular weight excluding hydrogens is 889 g/mol. The summed E-state index contributed by atoms with van der Waals surface area (Å²) in [4.78, 5) is 0. The van der Waals surface area contributed by atoms with Crippen LogP contribution in [0.2, 0.25) is 0 Å². The van der Waals surface area contributed by atoms with Gasteiger partial charge < -0.3 is 0 Å². The van der Waals surface area contributed by atoms with Crippen LogP contribution in [0.1, 0.15) is 100 Å². The third-order valence-electron chi connectivity index (χ3n) is 16.0. The van der Waals surface area contributed by atoms with Gasteiger partial charge in [-0.15, -0.1) is 0 Å². The predicted octanol–water partition coefficient (Wildman–Crippen LogP) is 21.2. The maximum atomic E-state index is 2.67. The quantitative estimate of drug-likeness (QED) is 0.0709. The van der Waals surface area contributed by atoms with Gasteiger partial charge in [-0.05, 0) is 137 Å². The number of hydrogen-bond acceptors (Lipinski definition) is 0. The zero-order valence-electron chi connectivity index (χ0n) is 43.4. The Kier molecular flexibility index (Phi) is 14.8. The van der Waals surface area contributed by atoms with Crippen molar-refractivity contribution in [3.05, 3.63) is 265 Å². The fourth-order valence-electron chi connectivity index (χ4n) is 12.4. The van der Waals surface area contributed by atoms with Crippen LogP contribution in [0.4, 0.5) is 0 Å². The molecule has 11 rings (SSSR count). The lowest BCUT2D eigenvalue weighted by Crippen LogP contribution is -2.26. The second-order valence-corrected chi connectivity index (χ2v) is 20.6. The Balaban J connectivity index is 1.13. The van der Waals surface area contributed by atoms with Crippen LogP contribution in [-0.2, 0) is 11.8 Å². The molecule has 10 aromatic rings. The average molecular weight is 957 g/mol.